The molecule has 0 aliphatic carbocycles. The first-order valence-electron chi connectivity index (χ1n) is 16.3. The molecule has 4 rings (SSSR count). The molecule has 0 spiro atoms. The summed E-state index contributed by atoms with van der Waals surface area (Å²) in [6.45, 7) is 8.60. The summed E-state index contributed by atoms with van der Waals surface area (Å²) in [4.78, 5) is 34.8. The standard InChI is InChI=1S/C22H16ClN5O.C15H31NO2/c23-20-13-25-22(27-19-10-18(26-14-29)11-24-12-19)28-21(20)17-8-4-7-16(9-17)15-5-2-1-3-6-15;1-5-6-7-8-9-10-11-12-13-16-14(17)18-15(2,3)4/h1-14H,(H,26,29)(H,25,27,28);5-13H2,1-4H3,(H,16,17). The van der Waals surface area contributed by atoms with Crippen LogP contribution in [0.2, 0.25) is 5.02 Å². The smallest absolute Gasteiger partial charge is 0.407 e. The Kier molecular flexibility index (Phi) is 15.6. The predicted octanol–water partition coefficient (Wildman–Crippen LogP) is 9.82. The molecule has 9 nitrogen and oxygen atoms in total. The van der Waals surface area contributed by atoms with Crippen LogP contribution < -0.4 is 16.0 Å². The van der Waals surface area contributed by atoms with Crippen molar-refractivity contribution in [3.63, 3.8) is 0 Å². The van der Waals surface area contributed by atoms with Crippen LogP contribution in [-0.4, -0.2) is 39.6 Å². The third-order valence-electron chi connectivity index (χ3n) is 6.91. The Morgan fingerprint density at radius 3 is 2.19 bits per heavy atom. The Morgan fingerprint density at radius 1 is 0.830 bits per heavy atom. The largest absolute Gasteiger partial charge is 0.444 e. The number of carbonyl (C=O) groups is 2. The second-order valence-electron chi connectivity index (χ2n) is 12.1. The fourth-order valence-corrected chi connectivity index (χ4v) is 4.85. The van der Waals surface area contributed by atoms with E-state index in [1.807, 2.05) is 63.2 Å². The third-order valence-corrected chi connectivity index (χ3v) is 7.18. The monoisotopic (exact) mass is 658 g/mol. The highest BCUT2D eigenvalue weighted by molar-refractivity contribution is 6.32. The van der Waals surface area contributed by atoms with Gasteiger partial charge >= 0.3 is 6.09 Å². The summed E-state index contributed by atoms with van der Waals surface area (Å²) in [5.41, 5.74) is 4.50. The molecule has 0 saturated carbocycles. The van der Waals surface area contributed by atoms with Gasteiger partial charge in [0.1, 0.15) is 5.60 Å². The molecule has 2 heterocycles. The van der Waals surface area contributed by atoms with E-state index in [1.54, 1.807) is 24.7 Å². The van der Waals surface area contributed by atoms with Gasteiger partial charge in [-0.25, -0.2) is 14.8 Å². The minimum atomic E-state index is -0.399. The van der Waals surface area contributed by atoms with E-state index in [0.717, 1.165) is 29.7 Å². The summed E-state index contributed by atoms with van der Waals surface area (Å²) in [6, 6.07) is 19.9. The van der Waals surface area contributed by atoms with E-state index in [0.29, 0.717) is 34.4 Å². The van der Waals surface area contributed by atoms with Gasteiger partial charge in [0, 0.05) is 12.1 Å². The predicted molar refractivity (Wildman–Crippen MR) is 192 cm³/mol. The van der Waals surface area contributed by atoms with Gasteiger partial charge in [-0.1, -0.05) is 112 Å². The number of nitrogens with zero attached hydrogens (tertiary/aromatic N) is 3. The van der Waals surface area contributed by atoms with Crippen LogP contribution in [0.15, 0.2) is 79.3 Å². The summed E-state index contributed by atoms with van der Waals surface area (Å²) in [5, 5.41) is 8.89. The zero-order chi connectivity index (χ0) is 33.9. The molecule has 0 aliphatic rings. The first-order chi connectivity index (χ1) is 22.7. The van der Waals surface area contributed by atoms with E-state index in [9.17, 15) is 9.59 Å². The first-order valence-corrected chi connectivity index (χ1v) is 16.6. The van der Waals surface area contributed by atoms with E-state index in [4.69, 9.17) is 16.3 Å². The second kappa shape index (κ2) is 19.9. The van der Waals surface area contributed by atoms with E-state index in [2.05, 4.69) is 50.0 Å². The van der Waals surface area contributed by atoms with Crippen molar-refractivity contribution >= 4 is 41.4 Å². The molecular weight excluding hydrogens is 612 g/mol. The van der Waals surface area contributed by atoms with E-state index >= 15 is 0 Å². The molecule has 4 aromatic rings. The number of amides is 2. The number of nitrogens with one attached hydrogen (secondary N) is 3. The summed E-state index contributed by atoms with van der Waals surface area (Å²) >= 11 is 6.38. The third kappa shape index (κ3) is 14.2. The minimum absolute atomic E-state index is 0.301. The van der Waals surface area contributed by atoms with E-state index < -0.39 is 5.60 Å². The maximum absolute atomic E-state index is 11.3. The zero-order valence-corrected chi connectivity index (χ0v) is 28.6. The molecule has 2 aromatic carbocycles. The summed E-state index contributed by atoms with van der Waals surface area (Å²) in [5.74, 6) is 0.375. The van der Waals surface area contributed by atoms with Gasteiger partial charge in [0.05, 0.1) is 40.7 Å². The molecule has 2 aromatic heterocycles. The highest BCUT2D eigenvalue weighted by atomic mass is 35.5. The molecule has 2 amide bonds. The summed E-state index contributed by atoms with van der Waals surface area (Å²) in [6.07, 6.45) is 15.2. The maximum atomic E-state index is 11.3. The molecule has 0 aliphatic heterocycles. The van der Waals surface area contributed by atoms with Gasteiger partial charge in [-0.2, -0.15) is 0 Å². The number of rotatable bonds is 15. The van der Waals surface area contributed by atoms with Crippen molar-refractivity contribution in [2.24, 2.45) is 0 Å². The van der Waals surface area contributed by atoms with Crippen LogP contribution in [0.4, 0.5) is 22.1 Å². The number of halogens is 1. The Bertz CT molecular complexity index is 1530. The lowest BCUT2D eigenvalue weighted by molar-refractivity contribution is -0.105. The zero-order valence-electron chi connectivity index (χ0n) is 27.9. The van der Waals surface area contributed by atoms with Crippen molar-refractivity contribution in [3.8, 4) is 22.4 Å². The normalized spacial score (nSPS) is 10.7. The fraction of sp³-hybridized carbons (Fsp3) is 0.378. The topological polar surface area (TPSA) is 118 Å². The Morgan fingerprint density at radius 2 is 1.49 bits per heavy atom. The van der Waals surface area contributed by atoms with Gasteiger partial charge in [-0.15, -0.1) is 0 Å². The number of hydrogen-bond acceptors (Lipinski definition) is 7. The molecule has 3 N–H and O–H groups in total. The number of aromatic nitrogens is 3. The number of pyridine rings is 1. The number of ether oxygens (including phenoxy) is 1. The van der Waals surface area contributed by atoms with Crippen LogP contribution in [0.25, 0.3) is 22.4 Å². The second-order valence-corrected chi connectivity index (χ2v) is 12.5. The summed E-state index contributed by atoms with van der Waals surface area (Å²) in [7, 11) is 0. The number of anilines is 3. The van der Waals surface area contributed by atoms with Gasteiger partial charge in [0.25, 0.3) is 0 Å². The van der Waals surface area contributed by atoms with Crippen LogP contribution in [0.3, 0.4) is 0 Å². The van der Waals surface area contributed by atoms with Crippen molar-refractivity contribution in [1.82, 2.24) is 20.3 Å². The number of carbonyl (C=O) groups excluding carboxylic acids is 2. The molecule has 250 valence electrons. The molecule has 0 unspecified atom stereocenters. The molecule has 47 heavy (non-hydrogen) atoms. The fourth-order valence-electron chi connectivity index (χ4n) is 4.65. The Hall–Kier alpha value is -4.50. The quantitative estimate of drug-likeness (QED) is 0.0859. The van der Waals surface area contributed by atoms with Crippen LogP contribution in [0, 0.1) is 0 Å². The Labute approximate surface area is 283 Å². The molecule has 0 fully saturated rings. The summed E-state index contributed by atoms with van der Waals surface area (Å²) < 4.78 is 5.16. The van der Waals surface area contributed by atoms with Gasteiger partial charge in [-0.3, -0.25) is 9.78 Å². The lowest BCUT2D eigenvalue weighted by Crippen LogP contribution is -2.32. The minimum Gasteiger partial charge on any atom is -0.444 e. The molecule has 0 bridgehead atoms. The van der Waals surface area contributed by atoms with Gasteiger partial charge in [0.15, 0.2) is 0 Å². The average molecular weight is 659 g/mol. The van der Waals surface area contributed by atoms with Crippen molar-refractivity contribution < 1.29 is 14.3 Å². The molecule has 0 saturated heterocycles. The van der Waals surface area contributed by atoms with Crippen LogP contribution >= 0.6 is 11.6 Å². The molecule has 0 radical (unpaired) electrons. The Balaban J connectivity index is 0.000000290. The number of alkyl carbamates (subject to hydrolysis) is 1. The van der Waals surface area contributed by atoms with Gasteiger partial charge in [0.2, 0.25) is 12.4 Å². The lowest BCUT2D eigenvalue weighted by Gasteiger charge is -2.19. The van der Waals surface area contributed by atoms with Crippen LogP contribution in [0.5, 0.6) is 0 Å². The molecular formula is C37H47ClN6O3. The maximum Gasteiger partial charge on any atom is 0.407 e. The number of unbranched alkanes of at least 4 members (excludes halogenated alkanes) is 7. The lowest BCUT2D eigenvalue weighted by atomic mass is 10.0. The van der Waals surface area contributed by atoms with Crippen molar-refractivity contribution in [3.05, 3.63) is 84.3 Å². The van der Waals surface area contributed by atoms with Crippen molar-refractivity contribution in [2.75, 3.05) is 17.2 Å². The number of hydrogen-bond donors (Lipinski definition) is 3. The van der Waals surface area contributed by atoms with Crippen molar-refractivity contribution in [2.45, 2.75) is 84.7 Å². The van der Waals surface area contributed by atoms with E-state index in [-0.39, 0.29) is 6.09 Å². The van der Waals surface area contributed by atoms with Crippen LogP contribution in [0.1, 0.15) is 79.1 Å². The van der Waals surface area contributed by atoms with Gasteiger partial charge in [-0.05, 0) is 50.5 Å². The van der Waals surface area contributed by atoms with Gasteiger partial charge < -0.3 is 20.7 Å². The highest BCUT2D eigenvalue weighted by Gasteiger charge is 2.15. The van der Waals surface area contributed by atoms with E-state index in [1.165, 1.54) is 44.9 Å². The average Bonchev–Trinajstić information content (AvgIpc) is 3.05. The first kappa shape index (κ1) is 37.0. The molecule has 0 atom stereocenters. The van der Waals surface area contributed by atoms with Crippen LogP contribution in [-0.2, 0) is 9.53 Å². The van der Waals surface area contributed by atoms with Crippen molar-refractivity contribution in [1.29, 1.82) is 0 Å². The molecule has 10 heteroatoms. The SMILES string of the molecule is CCCCCCCCCCNC(=O)OC(C)(C)C.O=CNc1cncc(Nc2ncc(Cl)c(-c3cccc(-c4ccccc4)c3)n2)c1. The number of benzene rings is 2. The highest BCUT2D eigenvalue weighted by Crippen LogP contribution is 2.30.